The second-order valence-electron chi connectivity index (χ2n) is 19.1. The van der Waals surface area contributed by atoms with Crippen molar-refractivity contribution in [2.45, 2.75) is 52.4 Å². The molecule has 3 aromatic heterocycles. The molecule has 0 spiro atoms. The first-order chi connectivity index (χ1) is 31.0. The molecule has 0 saturated carbocycles. The minimum atomic E-state index is 0.0144. The van der Waals surface area contributed by atoms with Gasteiger partial charge in [0.15, 0.2) is 5.82 Å². The van der Waals surface area contributed by atoms with Gasteiger partial charge in [0.05, 0.1) is 39.1 Å². The van der Waals surface area contributed by atoms with E-state index < -0.39 is 0 Å². The van der Waals surface area contributed by atoms with E-state index in [1.165, 1.54) is 54.7 Å². The molecule has 0 amide bonds. The average Bonchev–Trinajstić information content (AvgIpc) is 3.83. The molecule has 8 aromatic carbocycles. The van der Waals surface area contributed by atoms with Gasteiger partial charge in [0.2, 0.25) is 0 Å². The van der Waals surface area contributed by atoms with Crippen LogP contribution in [0.15, 0.2) is 194 Å². The molecule has 11 aromatic rings. The Morgan fingerprint density at radius 1 is 0.344 bits per heavy atom. The van der Waals surface area contributed by atoms with Crippen molar-refractivity contribution in [3.8, 4) is 56.4 Å². The van der Waals surface area contributed by atoms with E-state index in [0.29, 0.717) is 5.82 Å². The largest absolute Gasteiger partial charge is 0.309 e. The molecule has 0 N–H and O–H groups in total. The third-order valence-electron chi connectivity index (χ3n) is 12.9. The van der Waals surface area contributed by atoms with E-state index >= 15 is 0 Å². The van der Waals surface area contributed by atoms with Crippen LogP contribution in [0.25, 0.3) is 100 Å². The molecule has 0 unspecified atom stereocenters. The Morgan fingerprint density at radius 2 is 0.844 bits per heavy atom. The highest BCUT2D eigenvalue weighted by Crippen LogP contribution is 2.42. The van der Waals surface area contributed by atoms with Gasteiger partial charge in [-0.2, -0.15) is 0 Å². The van der Waals surface area contributed by atoms with Gasteiger partial charge >= 0.3 is 0 Å². The molecule has 64 heavy (non-hydrogen) atoms. The molecule has 0 saturated heterocycles. The monoisotopic (exact) mass is 826 g/mol. The molecule has 4 nitrogen and oxygen atoms in total. The zero-order chi connectivity index (χ0) is 43.7. The van der Waals surface area contributed by atoms with Gasteiger partial charge in [-0.25, -0.2) is 9.97 Å². The smallest absolute Gasteiger partial charge is 0.160 e. The summed E-state index contributed by atoms with van der Waals surface area (Å²) in [7, 11) is 0. The Kier molecular flexibility index (Phi) is 9.25. The van der Waals surface area contributed by atoms with Gasteiger partial charge in [-0.15, -0.1) is 0 Å². The van der Waals surface area contributed by atoms with Crippen LogP contribution in [0.5, 0.6) is 0 Å². The highest BCUT2D eigenvalue weighted by atomic mass is 15.0. The second kappa shape index (κ2) is 15.1. The lowest BCUT2D eigenvalue weighted by atomic mass is 9.86. The fourth-order valence-corrected chi connectivity index (χ4v) is 9.42. The van der Waals surface area contributed by atoms with Gasteiger partial charge in [0.25, 0.3) is 0 Å². The standard InChI is InChI=1S/C60H50N4/c1-59(2,3)43-29-32-56-49(36-43)46-24-13-15-26-53(46)63(56)45-23-17-22-41(34-45)48-35-42(52-38-51(39-18-9-7-10-19-39)61-58(62-52)40-20-11-8-12-21-40)28-31-55(48)64-54-27-16-14-25-47(54)50-37-44(60(4,5)6)30-33-57(50)64/h7-38H,1-6H3. The quantitative estimate of drug-likeness (QED) is 0.167. The van der Waals surface area contributed by atoms with Crippen molar-refractivity contribution in [3.63, 3.8) is 0 Å². The summed E-state index contributed by atoms with van der Waals surface area (Å²) in [5.74, 6) is 0.697. The van der Waals surface area contributed by atoms with Crippen LogP contribution in [0, 0.1) is 0 Å². The van der Waals surface area contributed by atoms with Gasteiger partial charge in [-0.1, -0.05) is 169 Å². The average molecular weight is 827 g/mol. The molecular formula is C60H50N4. The highest BCUT2D eigenvalue weighted by Gasteiger charge is 2.22. The summed E-state index contributed by atoms with van der Waals surface area (Å²) in [5.41, 5.74) is 16.7. The molecule has 0 bridgehead atoms. The van der Waals surface area contributed by atoms with E-state index in [9.17, 15) is 0 Å². The molecule has 11 rings (SSSR count). The SMILES string of the molecule is CC(C)(C)c1ccc2c(c1)c1ccccc1n2-c1cccc(-c2cc(-c3cc(-c4ccccc4)nc(-c4ccccc4)n3)ccc2-n2c3ccccc3c3cc(C(C)(C)C)ccc32)c1. The maximum atomic E-state index is 5.29. The second-order valence-corrected chi connectivity index (χ2v) is 19.1. The van der Waals surface area contributed by atoms with Crippen molar-refractivity contribution in [2.75, 3.05) is 0 Å². The summed E-state index contributed by atoms with van der Waals surface area (Å²) >= 11 is 0. The molecule has 0 atom stereocenters. The summed E-state index contributed by atoms with van der Waals surface area (Å²) in [6.07, 6.45) is 0. The molecular weight excluding hydrogens is 777 g/mol. The number of para-hydroxylation sites is 2. The van der Waals surface area contributed by atoms with E-state index in [4.69, 9.17) is 9.97 Å². The summed E-state index contributed by atoms with van der Waals surface area (Å²) in [5, 5.41) is 5.01. The Labute approximate surface area is 375 Å². The maximum absolute atomic E-state index is 5.29. The molecule has 310 valence electrons. The van der Waals surface area contributed by atoms with Gasteiger partial charge in [0.1, 0.15) is 0 Å². The normalized spacial score (nSPS) is 12.2. The molecule has 0 fully saturated rings. The van der Waals surface area contributed by atoms with Crippen molar-refractivity contribution in [1.29, 1.82) is 0 Å². The van der Waals surface area contributed by atoms with Crippen LogP contribution in [0.4, 0.5) is 0 Å². The van der Waals surface area contributed by atoms with Crippen LogP contribution in [0.3, 0.4) is 0 Å². The summed E-state index contributed by atoms with van der Waals surface area (Å²) in [6.45, 7) is 13.7. The van der Waals surface area contributed by atoms with E-state index in [0.717, 1.165) is 50.6 Å². The van der Waals surface area contributed by atoms with Crippen LogP contribution in [0.2, 0.25) is 0 Å². The third-order valence-corrected chi connectivity index (χ3v) is 12.9. The summed E-state index contributed by atoms with van der Waals surface area (Å²) in [6, 6.07) is 70.4. The van der Waals surface area contributed by atoms with Crippen LogP contribution < -0.4 is 0 Å². The van der Waals surface area contributed by atoms with E-state index in [2.05, 4.69) is 221 Å². The predicted molar refractivity (Wildman–Crippen MR) is 270 cm³/mol. The topological polar surface area (TPSA) is 35.6 Å². The van der Waals surface area contributed by atoms with Crippen LogP contribution in [-0.2, 0) is 10.8 Å². The molecule has 0 aliphatic heterocycles. The number of hydrogen-bond donors (Lipinski definition) is 0. The minimum Gasteiger partial charge on any atom is -0.309 e. The first-order valence-electron chi connectivity index (χ1n) is 22.3. The Bertz CT molecular complexity index is 3500. The number of fused-ring (bicyclic) bond motifs is 6. The lowest BCUT2D eigenvalue weighted by Gasteiger charge is -2.20. The molecule has 0 radical (unpaired) electrons. The number of hydrogen-bond acceptors (Lipinski definition) is 2. The van der Waals surface area contributed by atoms with Crippen molar-refractivity contribution < 1.29 is 0 Å². The Hall–Kier alpha value is -7.56. The van der Waals surface area contributed by atoms with Crippen molar-refractivity contribution in [2.24, 2.45) is 0 Å². The van der Waals surface area contributed by atoms with Gasteiger partial charge < -0.3 is 9.13 Å². The van der Waals surface area contributed by atoms with Crippen LogP contribution in [-0.4, -0.2) is 19.1 Å². The minimum absolute atomic E-state index is 0.0144. The predicted octanol–water partition coefficient (Wildman–Crippen LogP) is 15.9. The van der Waals surface area contributed by atoms with Crippen LogP contribution >= 0.6 is 0 Å². The maximum Gasteiger partial charge on any atom is 0.160 e. The summed E-state index contributed by atoms with van der Waals surface area (Å²) in [4.78, 5) is 10.4. The number of aromatic nitrogens is 4. The van der Waals surface area contributed by atoms with Gasteiger partial charge in [0, 0.05) is 49.5 Å². The Balaban J connectivity index is 1.18. The zero-order valence-electron chi connectivity index (χ0n) is 37.3. The number of rotatable bonds is 6. The summed E-state index contributed by atoms with van der Waals surface area (Å²) < 4.78 is 4.89. The molecule has 3 heterocycles. The molecule has 0 aliphatic carbocycles. The molecule has 4 heteroatoms. The lowest BCUT2D eigenvalue weighted by molar-refractivity contribution is 0.591. The van der Waals surface area contributed by atoms with E-state index in [-0.39, 0.29) is 10.8 Å². The lowest BCUT2D eigenvalue weighted by Crippen LogP contribution is -2.10. The first kappa shape index (κ1) is 39.3. The first-order valence-corrected chi connectivity index (χ1v) is 22.3. The fraction of sp³-hybridized carbons (Fsp3) is 0.133. The van der Waals surface area contributed by atoms with Crippen molar-refractivity contribution in [1.82, 2.24) is 19.1 Å². The highest BCUT2D eigenvalue weighted by molar-refractivity contribution is 6.11. The molecule has 0 aliphatic rings. The van der Waals surface area contributed by atoms with Crippen LogP contribution in [0.1, 0.15) is 52.7 Å². The van der Waals surface area contributed by atoms with Crippen molar-refractivity contribution >= 4 is 43.6 Å². The van der Waals surface area contributed by atoms with Gasteiger partial charge in [-0.05, 0) is 94.3 Å². The van der Waals surface area contributed by atoms with E-state index in [1.54, 1.807) is 0 Å². The number of nitrogens with zero attached hydrogens (tertiary/aromatic N) is 4. The Morgan fingerprint density at radius 3 is 1.45 bits per heavy atom. The zero-order valence-corrected chi connectivity index (χ0v) is 37.3. The van der Waals surface area contributed by atoms with Crippen molar-refractivity contribution in [3.05, 3.63) is 205 Å². The fourth-order valence-electron chi connectivity index (χ4n) is 9.42. The van der Waals surface area contributed by atoms with Gasteiger partial charge in [-0.3, -0.25) is 0 Å². The van der Waals surface area contributed by atoms with E-state index in [1.807, 2.05) is 24.3 Å². The number of benzene rings is 8. The third kappa shape index (κ3) is 6.78.